The highest BCUT2D eigenvalue weighted by molar-refractivity contribution is 5.95. The molecule has 17 heavy (non-hydrogen) atoms. The summed E-state index contributed by atoms with van der Waals surface area (Å²) in [4.78, 5) is 11.2. The molecule has 0 aliphatic carbocycles. The van der Waals surface area contributed by atoms with E-state index in [2.05, 4.69) is 0 Å². The number of fused-ring (bicyclic) bond motifs is 3. The Balaban J connectivity index is 2.21. The lowest BCUT2D eigenvalue weighted by molar-refractivity contribution is -0.134. The number of rotatable bonds is 1. The molecular formula is C13H10N2O2. The van der Waals surface area contributed by atoms with Gasteiger partial charge in [0, 0.05) is 18.0 Å². The van der Waals surface area contributed by atoms with E-state index in [9.17, 15) is 9.90 Å². The van der Waals surface area contributed by atoms with Gasteiger partial charge in [-0.25, -0.2) is 9.80 Å². The van der Waals surface area contributed by atoms with Crippen molar-refractivity contribution in [3.8, 4) is 0 Å². The van der Waals surface area contributed by atoms with Crippen molar-refractivity contribution in [3.05, 3.63) is 60.1 Å². The van der Waals surface area contributed by atoms with Crippen molar-refractivity contribution in [1.82, 2.24) is 5.01 Å². The van der Waals surface area contributed by atoms with Crippen LogP contribution in [0, 0.1) is 0 Å². The number of benzene rings is 1. The predicted molar refractivity (Wildman–Crippen MR) is 64.7 cm³/mol. The Hall–Kier alpha value is -2.49. The van der Waals surface area contributed by atoms with Gasteiger partial charge in [-0.3, -0.25) is 5.01 Å². The van der Waals surface area contributed by atoms with Crippen LogP contribution in [0.3, 0.4) is 0 Å². The number of nitrogens with zero attached hydrogens (tertiary/aromatic N) is 2. The van der Waals surface area contributed by atoms with Crippen molar-refractivity contribution in [2.24, 2.45) is 0 Å². The first-order chi connectivity index (χ1) is 8.27. The number of carboxylic acids is 1. The molecule has 3 rings (SSSR count). The van der Waals surface area contributed by atoms with Crippen molar-refractivity contribution >= 4 is 17.7 Å². The third kappa shape index (κ3) is 1.42. The zero-order chi connectivity index (χ0) is 11.8. The van der Waals surface area contributed by atoms with Crippen LogP contribution in [0.2, 0.25) is 0 Å². The molecule has 1 N–H and O–H groups in total. The molecule has 0 bridgehead atoms. The smallest absolute Gasteiger partial charge is 0.354 e. The molecule has 2 heterocycles. The summed E-state index contributed by atoms with van der Waals surface area (Å²) >= 11 is 0. The number of hydrazine groups is 1. The highest BCUT2D eigenvalue weighted by Gasteiger charge is 2.27. The monoisotopic (exact) mass is 226 g/mol. The maximum Gasteiger partial charge on any atom is 0.354 e. The number of carboxylic acid groups (broad SMARTS) is 1. The van der Waals surface area contributed by atoms with Crippen LogP contribution in [0.25, 0.3) is 6.08 Å². The van der Waals surface area contributed by atoms with Gasteiger partial charge in [-0.15, -0.1) is 0 Å². The zero-order valence-corrected chi connectivity index (χ0v) is 8.95. The van der Waals surface area contributed by atoms with E-state index >= 15 is 0 Å². The largest absolute Gasteiger partial charge is 0.477 e. The van der Waals surface area contributed by atoms with Gasteiger partial charge in [0.1, 0.15) is 5.70 Å². The Morgan fingerprint density at radius 3 is 2.53 bits per heavy atom. The zero-order valence-electron chi connectivity index (χ0n) is 8.95. The molecule has 0 saturated heterocycles. The molecule has 1 aromatic carbocycles. The summed E-state index contributed by atoms with van der Waals surface area (Å²) < 4.78 is 0. The number of carbonyl (C=O) groups is 1. The van der Waals surface area contributed by atoms with Crippen molar-refractivity contribution in [2.45, 2.75) is 0 Å². The van der Waals surface area contributed by atoms with Crippen LogP contribution in [-0.4, -0.2) is 16.1 Å². The third-order valence-corrected chi connectivity index (χ3v) is 2.74. The van der Waals surface area contributed by atoms with E-state index in [0.29, 0.717) is 0 Å². The van der Waals surface area contributed by atoms with Crippen LogP contribution in [0.5, 0.6) is 0 Å². The minimum Gasteiger partial charge on any atom is -0.477 e. The Labute approximate surface area is 98.4 Å². The summed E-state index contributed by atoms with van der Waals surface area (Å²) in [5, 5.41) is 12.6. The normalized spacial score (nSPS) is 16.4. The summed E-state index contributed by atoms with van der Waals surface area (Å²) in [6.45, 7) is 0. The van der Waals surface area contributed by atoms with E-state index in [1.165, 1.54) is 0 Å². The van der Waals surface area contributed by atoms with E-state index in [4.69, 9.17) is 0 Å². The van der Waals surface area contributed by atoms with E-state index < -0.39 is 5.97 Å². The summed E-state index contributed by atoms with van der Waals surface area (Å²) in [6.07, 6.45) is 8.93. The molecule has 0 fully saturated rings. The van der Waals surface area contributed by atoms with Crippen LogP contribution >= 0.6 is 0 Å². The van der Waals surface area contributed by atoms with Crippen molar-refractivity contribution < 1.29 is 9.90 Å². The van der Waals surface area contributed by atoms with Crippen LogP contribution in [0.4, 0.5) is 5.69 Å². The minimum atomic E-state index is -0.940. The summed E-state index contributed by atoms with van der Waals surface area (Å²) in [5.41, 5.74) is 2.11. The molecule has 0 unspecified atom stereocenters. The lowest BCUT2D eigenvalue weighted by Gasteiger charge is -2.38. The second-order valence-corrected chi connectivity index (χ2v) is 3.77. The molecule has 2 aliphatic heterocycles. The van der Waals surface area contributed by atoms with Gasteiger partial charge in [0.25, 0.3) is 0 Å². The van der Waals surface area contributed by atoms with Crippen LogP contribution in [-0.2, 0) is 4.79 Å². The van der Waals surface area contributed by atoms with Crippen molar-refractivity contribution in [3.63, 3.8) is 0 Å². The lowest BCUT2D eigenvalue weighted by atomic mass is 10.1. The van der Waals surface area contributed by atoms with Gasteiger partial charge < -0.3 is 5.11 Å². The summed E-state index contributed by atoms with van der Waals surface area (Å²) in [6, 6.07) is 7.69. The fourth-order valence-corrected chi connectivity index (χ4v) is 1.99. The van der Waals surface area contributed by atoms with E-state index in [0.717, 1.165) is 11.3 Å². The number of allylic oxidation sites excluding steroid dienone is 2. The molecule has 0 aromatic heterocycles. The molecule has 0 radical (unpaired) electrons. The quantitative estimate of drug-likeness (QED) is 0.797. The Morgan fingerprint density at radius 2 is 1.76 bits per heavy atom. The van der Waals surface area contributed by atoms with Gasteiger partial charge in [0.15, 0.2) is 0 Å². The fraction of sp³-hybridized carbons (Fsp3) is 0. The van der Waals surface area contributed by atoms with Gasteiger partial charge in [-0.2, -0.15) is 0 Å². The third-order valence-electron chi connectivity index (χ3n) is 2.74. The molecular weight excluding hydrogens is 216 g/mol. The average Bonchev–Trinajstić information content (AvgIpc) is 2.37. The first-order valence-corrected chi connectivity index (χ1v) is 5.25. The van der Waals surface area contributed by atoms with E-state index in [1.807, 2.05) is 41.6 Å². The number of aliphatic carboxylic acids is 1. The second-order valence-electron chi connectivity index (χ2n) is 3.77. The minimum absolute atomic E-state index is 0.240. The molecule has 84 valence electrons. The van der Waals surface area contributed by atoms with E-state index in [-0.39, 0.29) is 5.70 Å². The molecule has 0 spiro atoms. The summed E-state index contributed by atoms with van der Waals surface area (Å²) in [5.74, 6) is -0.940. The van der Waals surface area contributed by atoms with Crippen molar-refractivity contribution in [2.75, 3.05) is 5.01 Å². The molecule has 0 atom stereocenters. The standard InChI is InChI=1S/C13H10N2O2/c16-13(17)12-9-10-5-1-2-6-11(10)14-7-3-4-8-15(12)14/h1-9H,(H,16,17). The van der Waals surface area contributed by atoms with Gasteiger partial charge in [-0.05, 0) is 24.3 Å². The topological polar surface area (TPSA) is 43.8 Å². The van der Waals surface area contributed by atoms with Gasteiger partial charge in [-0.1, -0.05) is 18.2 Å². The number of anilines is 1. The first kappa shape index (κ1) is 9.72. The Kier molecular flexibility index (Phi) is 2.01. The Bertz CT molecular complexity index is 573. The first-order valence-electron chi connectivity index (χ1n) is 5.25. The number of para-hydroxylation sites is 1. The maximum atomic E-state index is 11.2. The second kappa shape index (κ2) is 3.52. The molecule has 1 aromatic rings. The van der Waals surface area contributed by atoms with Crippen LogP contribution in [0.15, 0.2) is 54.5 Å². The van der Waals surface area contributed by atoms with Crippen LogP contribution < -0.4 is 5.01 Å². The van der Waals surface area contributed by atoms with Crippen LogP contribution in [0.1, 0.15) is 5.56 Å². The Morgan fingerprint density at radius 1 is 1.06 bits per heavy atom. The highest BCUT2D eigenvalue weighted by atomic mass is 16.4. The predicted octanol–water partition coefficient (Wildman–Crippen LogP) is 2.19. The van der Waals surface area contributed by atoms with Crippen molar-refractivity contribution in [1.29, 1.82) is 0 Å². The number of hydrogen-bond acceptors (Lipinski definition) is 3. The highest BCUT2D eigenvalue weighted by Crippen LogP contribution is 2.33. The maximum absolute atomic E-state index is 11.2. The lowest BCUT2D eigenvalue weighted by Crippen LogP contribution is -2.40. The number of hydrogen-bond donors (Lipinski definition) is 1. The summed E-state index contributed by atoms with van der Waals surface area (Å²) in [7, 11) is 0. The van der Waals surface area contributed by atoms with Gasteiger partial charge in [0.05, 0.1) is 5.69 Å². The molecule has 4 heteroatoms. The molecule has 4 nitrogen and oxygen atoms in total. The SMILES string of the molecule is O=C(O)C1=Cc2ccccc2N2C=CC=CN12. The van der Waals surface area contributed by atoms with E-state index in [1.54, 1.807) is 23.4 Å². The fourth-order valence-electron chi connectivity index (χ4n) is 1.99. The molecule has 2 aliphatic rings. The molecule has 0 amide bonds. The van der Waals surface area contributed by atoms with Gasteiger partial charge >= 0.3 is 5.97 Å². The molecule has 0 saturated carbocycles. The van der Waals surface area contributed by atoms with Gasteiger partial charge in [0.2, 0.25) is 0 Å². The average molecular weight is 226 g/mol.